The Kier molecular flexibility index (Phi) is 5.44. The molecule has 1 fully saturated rings. The summed E-state index contributed by atoms with van der Waals surface area (Å²) in [4.78, 5) is 11.7. The maximum Gasteiger partial charge on any atom is 0.314 e. The summed E-state index contributed by atoms with van der Waals surface area (Å²) >= 11 is 0. The molecule has 1 aromatic rings. The van der Waals surface area contributed by atoms with Crippen molar-refractivity contribution in [2.24, 2.45) is 0 Å². The Labute approximate surface area is 125 Å². The Bertz CT molecular complexity index is 453. The minimum absolute atomic E-state index is 0.219. The van der Waals surface area contributed by atoms with Gasteiger partial charge >= 0.3 is 6.03 Å². The molecule has 21 heavy (non-hydrogen) atoms. The zero-order valence-electron chi connectivity index (χ0n) is 12.5. The maximum absolute atomic E-state index is 11.7. The molecule has 0 heterocycles. The zero-order valence-corrected chi connectivity index (χ0v) is 12.5. The van der Waals surface area contributed by atoms with Crippen molar-refractivity contribution in [1.29, 1.82) is 0 Å². The molecule has 0 aliphatic heterocycles. The van der Waals surface area contributed by atoms with Crippen LogP contribution in [0.25, 0.3) is 0 Å². The summed E-state index contributed by atoms with van der Waals surface area (Å²) in [6.07, 6.45) is 4.40. The van der Waals surface area contributed by atoms with E-state index < -0.39 is 5.60 Å². The molecule has 0 radical (unpaired) electrons. The van der Waals surface area contributed by atoms with Gasteiger partial charge in [-0.1, -0.05) is 25.0 Å². The lowest BCUT2D eigenvalue weighted by molar-refractivity contribution is 0.0501. The van der Waals surface area contributed by atoms with Crippen LogP contribution in [0.2, 0.25) is 0 Å². The van der Waals surface area contributed by atoms with Crippen molar-refractivity contribution in [3.8, 4) is 5.75 Å². The van der Waals surface area contributed by atoms with Gasteiger partial charge in [0.1, 0.15) is 5.75 Å². The number of amides is 2. The van der Waals surface area contributed by atoms with Crippen LogP contribution in [0.3, 0.4) is 0 Å². The summed E-state index contributed by atoms with van der Waals surface area (Å²) in [5.41, 5.74) is 0.443. The molecule has 1 aliphatic carbocycles. The highest BCUT2D eigenvalue weighted by Gasteiger charge is 2.31. The molecule has 1 saturated carbocycles. The maximum atomic E-state index is 11.7. The average Bonchev–Trinajstić information content (AvgIpc) is 2.93. The largest absolute Gasteiger partial charge is 0.497 e. The fraction of sp³-hybridized carbons (Fsp3) is 0.562. The number of aliphatic hydroxyl groups is 1. The van der Waals surface area contributed by atoms with E-state index in [-0.39, 0.29) is 6.03 Å². The molecular weight excluding hydrogens is 268 g/mol. The van der Waals surface area contributed by atoms with Gasteiger partial charge in [0.15, 0.2) is 0 Å². The van der Waals surface area contributed by atoms with E-state index in [9.17, 15) is 9.90 Å². The number of methoxy groups -OCH3 is 1. The molecule has 0 saturated heterocycles. The van der Waals surface area contributed by atoms with Crippen molar-refractivity contribution in [2.75, 3.05) is 20.2 Å². The monoisotopic (exact) mass is 292 g/mol. The molecule has 5 heteroatoms. The number of hydrogen-bond donors (Lipinski definition) is 3. The number of nitrogens with one attached hydrogen (secondary N) is 2. The summed E-state index contributed by atoms with van der Waals surface area (Å²) in [5.74, 6) is 0.828. The highest BCUT2D eigenvalue weighted by atomic mass is 16.5. The fourth-order valence-corrected chi connectivity index (χ4v) is 2.63. The van der Waals surface area contributed by atoms with Gasteiger partial charge in [0.2, 0.25) is 0 Å². The molecule has 1 aromatic carbocycles. The van der Waals surface area contributed by atoms with Gasteiger partial charge in [-0.3, -0.25) is 0 Å². The second kappa shape index (κ2) is 7.31. The molecular formula is C16H24N2O3. The first kappa shape index (κ1) is 15.6. The summed E-state index contributed by atoms with van der Waals surface area (Å²) in [6, 6.07) is 7.57. The van der Waals surface area contributed by atoms with E-state index in [2.05, 4.69) is 10.6 Å². The third-order valence-corrected chi connectivity index (χ3v) is 3.97. The second-order valence-electron chi connectivity index (χ2n) is 5.64. The van der Waals surface area contributed by atoms with Crippen LogP contribution in [0.1, 0.15) is 31.2 Å². The van der Waals surface area contributed by atoms with E-state index in [0.717, 1.165) is 43.4 Å². The van der Waals surface area contributed by atoms with Crippen molar-refractivity contribution in [3.63, 3.8) is 0 Å². The molecule has 116 valence electrons. The van der Waals surface area contributed by atoms with Crippen molar-refractivity contribution >= 4 is 6.03 Å². The standard InChI is InChI=1S/C16H24N2O3/c1-21-14-6-4-13(5-7-14)8-11-17-15(19)18-12-16(20)9-2-3-10-16/h4-7,20H,2-3,8-12H2,1H3,(H2,17,18,19). The predicted octanol–water partition coefficient (Wildman–Crippen LogP) is 1.84. The molecule has 0 atom stereocenters. The molecule has 0 unspecified atom stereocenters. The van der Waals surface area contributed by atoms with Crippen molar-refractivity contribution in [2.45, 2.75) is 37.7 Å². The lowest BCUT2D eigenvalue weighted by Crippen LogP contribution is -2.45. The molecule has 3 N–H and O–H groups in total. The van der Waals surface area contributed by atoms with Crippen LogP contribution in [0.15, 0.2) is 24.3 Å². The van der Waals surface area contributed by atoms with Crippen LogP contribution in [0.5, 0.6) is 5.75 Å². The predicted molar refractivity (Wildman–Crippen MR) is 81.5 cm³/mol. The molecule has 0 bridgehead atoms. The highest BCUT2D eigenvalue weighted by Crippen LogP contribution is 2.28. The smallest absolute Gasteiger partial charge is 0.314 e. The zero-order chi connectivity index (χ0) is 15.1. The van der Waals surface area contributed by atoms with Gasteiger partial charge in [0, 0.05) is 13.1 Å². The van der Waals surface area contributed by atoms with E-state index in [4.69, 9.17) is 4.74 Å². The first-order chi connectivity index (χ1) is 10.1. The number of carbonyl (C=O) groups excluding carboxylic acids is 1. The van der Waals surface area contributed by atoms with E-state index in [0.29, 0.717) is 13.1 Å². The van der Waals surface area contributed by atoms with E-state index in [1.807, 2.05) is 24.3 Å². The number of carbonyl (C=O) groups is 1. The molecule has 5 nitrogen and oxygen atoms in total. The Morgan fingerprint density at radius 2 is 1.90 bits per heavy atom. The van der Waals surface area contributed by atoms with Crippen LogP contribution in [0, 0.1) is 0 Å². The minimum atomic E-state index is -0.701. The summed E-state index contributed by atoms with van der Waals surface area (Å²) in [7, 11) is 1.64. The SMILES string of the molecule is COc1ccc(CCNC(=O)NCC2(O)CCCC2)cc1. The average molecular weight is 292 g/mol. The summed E-state index contributed by atoms with van der Waals surface area (Å²) in [6.45, 7) is 0.901. The first-order valence-corrected chi connectivity index (χ1v) is 7.48. The molecule has 2 rings (SSSR count). The van der Waals surface area contributed by atoms with Crippen LogP contribution in [-0.4, -0.2) is 36.9 Å². The molecule has 2 amide bonds. The van der Waals surface area contributed by atoms with Gasteiger partial charge in [-0.25, -0.2) is 4.79 Å². The summed E-state index contributed by atoms with van der Waals surface area (Å²) in [5, 5.41) is 15.7. The van der Waals surface area contributed by atoms with Crippen molar-refractivity contribution in [3.05, 3.63) is 29.8 Å². The van der Waals surface area contributed by atoms with Crippen LogP contribution in [0.4, 0.5) is 4.79 Å². The molecule has 0 spiro atoms. The van der Waals surface area contributed by atoms with E-state index in [1.165, 1.54) is 0 Å². The number of ether oxygens (including phenoxy) is 1. The van der Waals surface area contributed by atoms with Gasteiger partial charge in [-0.15, -0.1) is 0 Å². The Morgan fingerprint density at radius 3 is 2.52 bits per heavy atom. The highest BCUT2D eigenvalue weighted by molar-refractivity contribution is 5.73. The van der Waals surface area contributed by atoms with Crippen LogP contribution < -0.4 is 15.4 Å². The van der Waals surface area contributed by atoms with Gasteiger partial charge in [0.25, 0.3) is 0 Å². The number of hydrogen-bond acceptors (Lipinski definition) is 3. The normalized spacial score (nSPS) is 16.5. The lowest BCUT2D eigenvalue weighted by atomic mass is 10.0. The third kappa shape index (κ3) is 4.93. The summed E-state index contributed by atoms with van der Waals surface area (Å²) < 4.78 is 5.10. The molecule has 1 aliphatic rings. The lowest BCUT2D eigenvalue weighted by Gasteiger charge is -2.22. The molecule has 0 aromatic heterocycles. The fourth-order valence-electron chi connectivity index (χ4n) is 2.63. The Morgan fingerprint density at radius 1 is 1.24 bits per heavy atom. The van der Waals surface area contributed by atoms with Crippen LogP contribution in [-0.2, 0) is 6.42 Å². The van der Waals surface area contributed by atoms with Gasteiger partial charge in [-0.2, -0.15) is 0 Å². The van der Waals surface area contributed by atoms with Gasteiger partial charge in [-0.05, 0) is 37.0 Å². The van der Waals surface area contributed by atoms with Gasteiger partial charge in [0.05, 0.1) is 12.7 Å². The second-order valence-corrected chi connectivity index (χ2v) is 5.64. The number of urea groups is 1. The van der Waals surface area contributed by atoms with Crippen molar-refractivity contribution < 1.29 is 14.6 Å². The van der Waals surface area contributed by atoms with Crippen LogP contribution >= 0.6 is 0 Å². The quantitative estimate of drug-likeness (QED) is 0.749. The van der Waals surface area contributed by atoms with Crippen molar-refractivity contribution in [1.82, 2.24) is 10.6 Å². The Balaban J connectivity index is 1.64. The number of rotatable bonds is 6. The topological polar surface area (TPSA) is 70.6 Å². The first-order valence-electron chi connectivity index (χ1n) is 7.48. The number of benzene rings is 1. The van der Waals surface area contributed by atoms with E-state index >= 15 is 0 Å². The van der Waals surface area contributed by atoms with Gasteiger partial charge < -0.3 is 20.5 Å². The minimum Gasteiger partial charge on any atom is -0.497 e. The van der Waals surface area contributed by atoms with E-state index in [1.54, 1.807) is 7.11 Å². The Hall–Kier alpha value is -1.75. The third-order valence-electron chi connectivity index (χ3n) is 3.97.